The molecule has 0 radical (unpaired) electrons. The van der Waals surface area contributed by atoms with Gasteiger partial charge in [-0.1, -0.05) is 0 Å². The number of hydrogen-bond donors (Lipinski definition) is 1. The predicted molar refractivity (Wildman–Crippen MR) is 98.4 cm³/mol. The number of aromatic amines is 1. The van der Waals surface area contributed by atoms with E-state index >= 15 is 0 Å². The molecule has 2 aromatic heterocycles. The summed E-state index contributed by atoms with van der Waals surface area (Å²) in [6.07, 6.45) is 2.72. The number of amides is 1. The summed E-state index contributed by atoms with van der Waals surface area (Å²) in [4.78, 5) is 35.9. The van der Waals surface area contributed by atoms with Crippen molar-refractivity contribution in [3.05, 3.63) is 45.8 Å². The number of rotatable bonds is 2. The second-order valence-corrected chi connectivity index (χ2v) is 7.04. The third-order valence-electron chi connectivity index (χ3n) is 4.62. The van der Waals surface area contributed by atoms with Crippen molar-refractivity contribution in [2.75, 3.05) is 31.1 Å². The number of nitrogens with zero attached hydrogens (tertiary/aromatic N) is 4. The SMILES string of the molecule is Cn1c(=O)[nH]c2cc(C(=O)N3CCCN(c4nccs4)CC3)ccc21. The zero-order chi connectivity index (χ0) is 17.4. The maximum atomic E-state index is 12.9. The van der Waals surface area contributed by atoms with E-state index < -0.39 is 0 Å². The molecule has 3 aromatic rings. The highest BCUT2D eigenvalue weighted by atomic mass is 32.1. The van der Waals surface area contributed by atoms with Gasteiger partial charge in [0.2, 0.25) is 0 Å². The number of H-pyrrole nitrogens is 1. The summed E-state index contributed by atoms with van der Waals surface area (Å²) in [6.45, 7) is 3.08. The number of nitrogens with one attached hydrogen (secondary N) is 1. The molecular weight excluding hydrogens is 338 g/mol. The van der Waals surface area contributed by atoms with Crippen molar-refractivity contribution in [1.82, 2.24) is 19.4 Å². The Morgan fingerprint density at radius 2 is 2.12 bits per heavy atom. The lowest BCUT2D eigenvalue weighted by Gasteiger charge is -2.21. The fraction of sp³-hybridized carbons (Fsp3) is 0.353. The van der Waals surface area contributed by atoms with Gasteiger partial charge in [-0.3, -0.25) is 9.36 Å². The summed E-state index contributed by atoms with van der Waals surface area (Å²) >= 11 is 1.63. The molecule has 1 aromatic carbocycles. The lowest BCUT2D eigenvalue weighted by Crippen LogP contribution is -2.35. The summed E-state index contributed by atoms with van der Waals surface area (Å²) in [7, 11) is 1.71. The Morgan fingerprint density at radius 1 is 1.24 bits per heavy atom. The van der Waals surface area contributed by atoms with E-state index in [9.17, 15) is 9.59 Å². The number of benzene rings is 1. The average Bonchev–Trinajstić information content (AvgIpc) is 3.16. The topological polar surface area (TPSA) is 74.2 Å². The molecule has 0 aliphatic carbocycles. The second-order valence-electron chi connectivity index (χ2n) is 6.17. The molecule has 25 heavy (non-hydrogen) atoms. The fourth-order valence-electron chi connectivity index (χ4n) is 3.24. The van der Waals surface area contributed by atoms with Gasteiger partial charge in [-0.05, 0) is 24.6 Å². The quantitative estimate of drug-likeness (QED) is 0.757. The smallest absolute Gasteiger partial charge is 0.326 e. The van der Waals surface area contributed by atoms with Crippen LogP contribution < -0.4 is 10.6 Å². The molecule has 0 atom stereocenters. The van der Waals surface area contributed by atoms with Crippen LogP contribution in [0.2, 0.25) is 0 Å². The number of carbonyl (C=O) groups excluding carboxylic acids is 1. The van der Waals surface area contributed by atoms with Crippen LogP contribution in [-0.2, 0) is 7.05 Å². The van der Waals surface area contributed by atoms with Crippen molar-refractivity contribution in [1.29, 1.82) is 0 Å². The van der Waals surface area contributed by atoms with Gasteiger partial charge in [0.1, 0.15) is 0 Å². The van der Waals surface area contributed by atoms with Crippen molar-refractivity contribution in [3.8, 4) is 0 Å². The van der Waals surface area contributed by atoms with Crippen LogP contribution in [0.1, 0.15) is 16.8 Å². The molecule has 0 saturated carbocycles. The van der Waals surface area contributed by atoms with Crippen molar-refractivity contribution < 1.29 is 4.79 Å². The van der Waals surface area contributed by atoms with E-state index in [0.717, 1.165) is 36.7 Å². The van der Waals surface area contributed by atoms with Gasteiger partial charge >= 0.3 is 5.69 Å². The number of anilines is 1. The van der Waals surface area contributed by atoms with Gasteiger partial charge in [0.05, 0.1) is 11.0 Å². The second kappa shape index (κ2) is 6.36. The van der Waals surface area contributed by atoms with E-state index in [2.05, 4.69) is 14.9 Å². The van der Waals surface area contributed by atoms with Gasteiger partial charge in [0.15, 0.2) is 5.13 Å². The van der Waals surface area contributed by atoms with E-state index in [1.807, 2.05) is 22.5 Å². The molecule has 1 amide bonds. The first kappa shape index (κ1) is 15.9. The van der Waals surface area contributed by atoms with E-state index in [1.165, 1.54) is 0 Å². The van der Waals surface area contributed by atoms with Gasteiger partial charge in [0.25, 0.3) is 5.91 Å². The molecule has 1 fully saturated rings. The Morgan fingerprint density at radius 3 is 2.92 bits per heavy atom. The zero-order valence-corrected chi connectivity index (χ0v) is 14.8. The highest BCUT2D eigenvalue weighted by Crippen LogP contribution is 2.20. The van der Waals surface area contributed by atoms with Crippen LogP contribution in [0.3, 0.4) is 0 Å². The van der Waals surface area contributed by atoms with Crippen molar-refractivity contribution in [2.45, 2.75) is 6.42 Å². The maximum Gasteiger partial charge on any atom is 0.326 e. The molecule has 1 aliphatic heterocycles. The van der Waals surface area contributed by atoms with Crippen molar-refractivity contribution in [2.24, 2.45) is 7.05 Å². The molecule has 7 nitrogen and oxygen atoms in total. The molecule has 1 N–H and O–H groups in total. The van der Waals surface area contributed by atoms with Gasteiger partial charge in [-0.2, -0.15) is 0 Å². The largest absolute Gasteiger partial charge is 0.346 e. The number of imidazole rings is 1. The third kappa shape index (κ3) is 2.93. The van der Waals surface area contributed by atoms with Gasteiger partial charge in [0, 0.05) is 50.4 Å². The minimum Gasteiger partial charge on any atom is -0.346 e. The number of aryl methyl sites for hydroxylation is 1. The van der Waals surface area contributed by atoms with Crippen LogP contribution in [0, 0.1) is 0 Å². The van der Waals surface area contributed by atoms with E-state index in [1.54, 1.807) is 35.1 Å². The number of aromatic nitrogens is 3. The van der Waals surface area contributed by atoms with Gasteiger partial charge in [-0.15, -0.1) is 11.3 Å². The molecule has 0 spiro atoms. The summed E-state index contributed by atoms with van der Waals surface area (Å²) in [6, 6.07) is 5.38. The molecule has 130 valence electrons. The monoisotopic (exact) mass is 357 g/mol. The molecule has 0 unspecified atom stereocenters. The predicted octanol–water partition coefficient (Wildman–Crippen LogP) is 1.68. The summed E-state index contributed by atoms with van der Waals surface area (Å²) in [5, 5.41) is 2.98. The minimum absolute atomic E-state index is 0.00703. The molecule has 8 heteroatoms. The summed E-state index contributed by atoms with van der Waals surface area (Å²) < 4.78 is 1.54. The highest BCUT2D eigenvalue weighted by molar-refractivity contribution is 7.13. The first-order valence-electron chi connectivity index (χ1n) is 8.26. The standard InChI is InChI=1S/C17H19N5O2S/c1-20-14-4-3-12(11-13(14)19-16(20)24)15(23)21-6-2-7-22(9-8-21)17-18-5-10-25-17/h3-5,10-11H,2,6-9H2,1H3,(H,19,24). The van der Waals surface area contributed by atoms with Crippen LogP contribution in [0.15, 0.2) is 34.6 Å². The minimum atomic E-state index is -0.173. The Labute approximate surface area is 148 Å². The van der Waals surface area contributed by atoms with E-state index in [-0.39, 0.29) is 11.6 Å². The van der Waals surface area contributed by atoms with E-state index in [4.69, 9.17) is 0 Å². The van der Waals surface area contributed by atoms with Crippen LogP contribution in [0.4, 0.5) is 5.13 Å². The normalized spacial score (nSPS) is 15.6. The van der Waals surface area contributed by atoms with Crippen LogP contribution in [-0.4, -0.2) is 51.5 Å². The van der Waals surface area contributed by atoms with Gasteiger partial charge in [-0.25, -0.2) is 9.78 Å². The van der Waals surface area contributed by atoms with Crippen LogP contribution in [0.5, 0.6) is 0 Å². The lowest BCUT2D eigenvalue weighted by molar-refractivity contribution is 0.0767. The zero-order valence-electron chi connectivity index (χ0n) is 13.9. The Bertz CT molecular complexity index is 959. The average molecular weight is 357 g/mol. The molecular formula is C17H19N5O2S. The van der Waals surface area contributed by atoms with Crippen LogP contribution >= 0.6 is 11.3 Å². The Hall–Kier alpha value is -2.61. The van der Waals surface area contributed by atoms with Crippen molar-refractivity contribution >= 4 is 33.4 Å². The Kier molecular flexibility index (Phi) is 4.04. The molecule has 1 saturated heterocycles. The molecule has 0 bridgehead atoms. The van der Waals surface area contributed by atoms with E-state index in [0.29, 0.717) is 17.6 Å². The van der Waals surface area contributed by atoms with Crippen molar-refractivity contribution in [3.63, 3.8) is 0 Å². The summed E-state index contributed by atoms with van der Waals surface area (Å²) in [5.41, 5.74) is 1.93. The first-order valence-corrected chi connectivity index (χ1v) is 9.14. The third-order valence-corrected chi connectivity index (χ3v) is 5.46. The number of thiazole rings is 1. The molecule has 1 aliphatic rings. The van der Waals surface area contributed by atoms with Crippen LogP contribution in [0.25, 0.3) is 11.0 Å². The maximum absolute atomic E-state index is 12.9. The molecule has 4 rings (SSSR count). The highest BCUT2D eigenvalue weighted by Gasteiger charge is 2.22. The fourth-order valence-corrected chi connectivity index (χ4v) is 3.93. The molecule has 3 heterocycles. The number of fused-ring (bicyclic) bond motifs is 1. The first-order chi connectivity index (χ1) is 12.1. The Balaban J connectivity index is 1.53. The van der Waals surface area contributed by atoms with Gasteiger partial charge < -0.3 is 14.8 Å². The summed E-state index contributed by atoms with van der Waals surface area (Å²) in [5.74, 6) is 0.00703. The number of carbonyl (C=O) groups is 1. The number of hydrogen-bond acceptors (Lipinski definition) is 5. The lowest BCUT2D eigenvalue weighted by atomic mass is 10.1.